The van der Waals surface area contributed by atoms with Crippen LogP contribution in [0.25, 0.3) is 0 Å². The molecule has 0 aliphatic carbocycles. The summed E-state index contributed by atoms with van der Waals surface area (Å²) < 4.78 is 39.1. The fourth-order valence-corrected chi connectivity index (χ4v) is 1.92. The first-order chi connectivity index (χ1) is 9.41. The Labute approximate surface area is 121 Å². The van der Waals surface area contributed by atoms with Crippen LogP contribution in [-0.2, 0) is 6.18 Å². The SMILES string of the molecule is N#Cc1ccc(Nc2ncccc2Br)cc1C(F)(F)F. The molecule has 7 heteroatoms. The minimum Gasteiger partial charge on any atom is -0.339 e. The molecule has 2 rings (SSSR count). The van der Waals surface area contributed by atoms with Crippen molar-refractivity contribution in [1.82, 2.24) is 4.98 Å². The largest absolute Gasteiger partial charge is 0.417 e. The molecule has 0 aliphatic rings. The molecule has 0 atom stereocenters. The van der Waals surface area contributed by atoms with Crippen LogP contribution in [0.3, 0.4) is 0 Å². The Morgan fingerprint density at radius 1 is 1.25 bits per heavy atom. The predicted octanol–water partition coefficient (Wildman–Crippen LogP) is 4.48. The fourth-order valence-electron chi connectivity index (χ4n) is 1.57. The van der Waals surface area contributed by atoms with E-state index in [1.165, 1.54) is 18.3 Å². The maximum atomic E-state index is 12.8. The van der Waals surface area contributed by atoms with Crippen LogP contribution in [0.5, 0.6) is 0 Å². The van der Waals surface area contributed by atoms with Crippen molar-refractivity contribution in [3.63, 3.8) is 0 Å². The van der Waals surface area contributed by atoms with Crippen molar-refractivity contribution in [2.24, 2.45) is 0 Å². The minimum atomic E-state index is -4.58. The molecular weight excluding hydrogens is 335 g/mol. The lowest BCUT2D eigenvalue weighted by molar-refractivity contribution is -0.137. The fraction of sp³-hybridized carbons (Fsp3) is 0.0769. The van der Waals surface area contributed by atoms with E-state index in [2.05, 4.69) is 26.2 Å². The lowest BCUT2D eigenvalue weighted by Crippen LogP contribution is -2.08. The highest BCUT2D eigenvalue weighted by Crippen LogP contribution is 2.34. The van der Waals surface area contributed by atoms with Gasteiger partial charge in [-0.05, 0) is 46.3 Å². The van der Waals surface area contributed by atoms with E-state index >= 15 is 0 Å². The molecule has 0 saturated carbocycles. The van der Waals surface area contributed by atoms with E-state index in [-0.39, 0.29) is 5.69 Å². The third-order valence-corrected chi connectivity index (χ3v) is 3.11. The number of nitriles is 1. The van der Waals surface area contributed by atoms with Gasteiger partial charge in [-0.15, -0.1) is 0 Å². The topological polar surface area (TPSA) is 48.7 Å². The molecule has 0 amide bonds. The summed E-state index contributed by atoms with van der Waals surface area (Å²) >= 11 is 3.24. The van der Waals surface area contributed by atoms with Crippen molar-refractivity contribution >= 4 is 27.4 Å². The molecule has 2 aromatic rings. The van der Waals surface area contributed by atoms with Gasteiger partial charge < -0.3 is 5.32 Å². The van der Waals surface area contributed by atoms with Crippen LogP contribution in [0.4, 0.5) is 24.7 Å². The van der Waals surface area contributed by atoms with E-state index < -0.39 is 17.3 Å². The van der Waals surface area contributed by atoms with Gasteiger partial charge in [0.1, 0.15) is 5.82 Å². The molecule has 3 nitrogen and oxygen atoms in total. The summed E-state index contributed by atoms with van der Waals surface area (Å²) in [6, 6.07) is 8.35. The Balaban J connectivity index is 2.40. The highest BCUT2D eigenvalue weighted by Gasteiger charge is 2.33. The van der Waals surface area contributed by atoms with E-state index in [1.807, 2.05) is 0 Å². The van der Waals surface area contributed by atoms with Crippen LogP contribution < -0.4 is 5.32 Å². The molecule has 1 aromatic carbocycles. The van der Waals surface area contributed by atoms with Crippen LogP contribution in [-0.4, -0.2) is 4.98 Å². The smallest absolute Gasteiger partial charge is 0.339 e. The molecular formula is C13H7BrF3N3. The summed E-state index contributed by atoms with van der Waals surface area (Å²) in [6.07, 6.45) is -3.06. The Kier molecular flexibility index (Phi) is 3.95. The van der Waals surface area contributed by atoms with E-state index in [1.54, 1.807) is 12.1 Å². The zero-order valence-corrected chi connectivity index (χ0v) is 11.5. The van der Waals surface area contributed by atoms with Gasteiger partial charge in [-0.2, -0.15) is 18.4 Å². The molecule has 1 aromatic heterocycles. The van der Waals surface area contributed by atoms with Gasteiger partial charge in [-0.25, -0.2) is 4.98 Å². The second kappa shape index (κ2) is 5.51. The normalized spacial score (nSPS) is 10.9. The van der Waals surface area contributed by atoms with Crippen molar-refractivity contribution in [3.8, 4) is 6.07 Å². The highest BCUT2D eigenvalue weighted by atomic mass is 79.9. The summed E-state index contributed by atoms with van der Waals surface area (Å²) in [5.41, 5.74) is -1.18. The molecule has 0 bridgehead atoms. The van der Waals surface area contributed by atoms with Crippen LogP contribution in [0, 0.1) is 11.3 Å². The van der Waals surface area contributed by atoms with Crippen molar-refractivity contribution in [3.05, 3.63) is 52.1 Å². The number of benzene rings is 1. The Morgan fingerprint density at radius 2 is 2.00 bits per heavy atom. The summed E-state index contributed by atoms with van der Waals surface area (Å²) in [4.78, 5) is 4.00. The number of hydrogen-bond donors (Lipinski definition) is 1. The Hall–Kier alpha value is -2.07. The van der Waals surface area contributed by atoms with Crippen molar-refractivity contribution in [2.45, 2.75) is 6.18 Å². The van der Waals surface area contributed by atoms with Gasteiger partial charge in [0.15, 0.2) is 0 Å². The lowest BCUT2D eigenvalue weighted by Gasteiger charge is -2.12. The van der Waals surface area contributed by atoms with Crippen LogP contribution in [0.1, 0.15) is 11.1 Å². The van der Waals surface area contributed by atoms with Gasteiger partial charge in [0.05, 0.1) is 21.7 Å². The van der Waals surface area contributed by atoms with Gasteiger partial charge in [0.25, 0.3) is 0 Å². The molecule has 0 fully saturated rings. The number of aromatic nitrogens is 1. The molecule has 0 radical (unpaired) electrons. The number of nitrogens with one attached hydrogen (secondary N) is 1. The van der Waals surface area contributed by atoms with Crippen molar-refractivity contribution in [2.75, 3.05) is 5.32 Å². The summed E-state index contributed by atoms with van der Waals surface area (Å²) in [7, 11) is 0. The summed E-state index contributed by atoms with van der Waals surface area (Å²) in [6.45, 7) is 0. The Morgan fingerprint density at radius 3 is 2.60 bits per heavy atom. The van der Waals surface area contributed by atoms with Crippen LogP contribution in [0.2, 0.25) is 0 Å². The molecule has 0 saturated heterocycles. The maximum absolute atomic E-state index is 12.8. The summed E-state index contributed by atoms with van der Waals surface area (Å²) in [5, 5.41) is 11.5. The number of halogens is 4. The van der Waals surface area contributed by atoms with E-state index in [0.717, 1.165) is 12.1 Å². The lowest BCUT2D eigenvalue weighted by atomic mass is 10.1. The van der Waals surface area contributed by atoms with Crippen LogP contribution >= 0.6 is 15.9 Å². The van der Waals surface area contributed by atoms with Gasteiger partial charge in [-0.1, -0.05) is 0 Å². The first kappa shape index (κ1) is 14.3. The molecule has 1 N–H and O–H groups in total. The van der Waals surface area contributed by atoms with Gasteiger partial charge in [0.2, 0.25) is 0 Å². The van der Waals surface area contributed by atoms with E-state index in [4.69, 9.17) is 5.26 Å². The number of rotatable bonds is 2. The standard InChI is InChI=1S/C13H7BrF3N3/c14-11-2-1-5-19-12(11)20-9-4-3-8(7-18)10(6-9)13(15,16)17/h1-6H,(H,19,20). The second-order valence-corrected chi connectivity index (χ2v) is 4.68. The number of pyridine rings is 1. The maximum Gasteiger partial charge on any atom is 0.417 e. The molecule has 1 heterocycles. The monoisotopic (exact) mass is 341 g/mol. The average Bonchev–Trinajstić information content (AvgIpc) is 2.40. The number of anilines is 2. The third-order valence-electron chi connectivity index (χ3n) is 2.47. The molecule has 0 unspecified atom stereocenters. The van der Waals surface area contributed by atoms with Gasteiger partial charge >= 0.3 is 6.18 Å². The second-order valence-electron chi connectivity index (χ2n) is 3.83. The number of alkyl halides is 3. The van der Waals surface area contributed by atoms with Gasteiger partial charge in [-0.3, -0.25) is 0 Å². The highest BCUT2D eigenvalue weighted by molar-refractivity contribution is 9.10. The zero-order chi connectivity index (χ0) is 14.8. The van der Waals surface area contributed by atoms with Crippen LogP contribution in [0.15, 0.2) is 41.0 Å². The molecule has 20 heavy (non-hydrogen) atoms. The van der Waals surface area contributed by atoms with Gasteiger partial charge in [0, 0.05) is 11.9 Å². The predicted molar refractivity (Wildman–Crippen MR) is 71.4 cm³/mol. The zero-order valence-electron chi connectivity index (χ0n) is 9.87. The minimum absolute atomic E-state index is 0.204. The van der Waals surface area contributed by atoms with E-state index in [9.17, 15) is 13.2 Å². The number of nitrogens with zero attached hydrogens (tertiary/aromatic N) is 2. The molecule has 102 valence electrons. The first-order valence-corrected chi connectivity index (χ1v) is 6.20. The van der Waals surface area contributed by atoms with E-state index in [0.29, 0.717) is 10.3 Å². The van der Waals surface area contributed by atoms with Crippen molar-refractivity contribution in [1.29, 1.82) is 5.26 Å². The first-order valence-electron chi connectivity index (χ1n) is 5.40. The molecule has 0 spiro atoms. The molecule has 0 aliphatic heterocycles. The third kappa shape index (κ3) is 3.08. The van der Waals surface area contributed by atoms with Crippen molar-refractivity contribution < 1.29 is 13.2 Å². The number of hydrogen-bond acceptors (Lipinski definition) is 3. The quantitative estimate of drug-likeness (QED) is 0.876. The average molecular weight is 342 g/mol. The Bertz CT molecular complexity index is 677. The summed E-state index contributed by atoms with van der Waals surface area (Å²) in [5.74, 6) is 0.394.